The van der Waals surface area contributed by atoms with Crippen molar-refractivity contribution in [3.63, 3.8) is 0 Å². The van der Waals surface area contributed by atoms with Gasteiger partial charge in [0.2, 0.25) is 0 Å². The van der Waals surface area contributed by atoms with Crippen molar-refractivity contribution < 1.29 is 9.53 Å². The Morgan fingerprint density at radius 2 is 2.31 bits per heavy atom. The van der Waals surface area contributed by atoms with Crippen LogP contribution in [-0.4, -0.2) is 22.6 Å². The van der Waals surface area contributed by atoms with Crippen LogP contribution in [0.25, 0.3) is 0 Å². The molecule has 1 heterocycles. The summed E-state index contributed by atoms with van der Waals surface area (Å²) in [7, 11) is 1.35. The molecule has 16 heavy (non-hydrogen) atoms. The van der Waals surface area contributed by atoms with Gasteiger partial charge in [0.1, 0.15) is 10.3 Å². The number of esters is 1. The molecule has 5 nitrogen and oxygen atoms in total. The molecule has 0 aliphatic rings. The Balaban J connectivity index is 2.71. The molecule has 0 unspecified atom stereocenters. The second-order valence-corrected chi connectivity index (χ2v) is 4.14. The summed E-state index contributed by atoms with van der Waals surface area (Å²) < 4.78 is 6.48. The Kier molecular flexibility index (Phi) is 4.67. The highest BCUT2D eigenvalue weighted by atomic mass is 79.9. The molecule has 0 saturated carbocycles. The maximum atomic E-state index is 11.7. The molecule has 0 saturated heterocycles. The van der Waals surface area contributed by atoms with E-state index in [1.807, 2.05) is 0 Å². The molecule has 0 spiro atoms. The highest BCUT2D eigenvalue weighted by Crippen LogP contribution is 2.03. The van der Waals surface area contributed by atoms with Crippen LogP contribution in [0.4, 0.5) is 0 Å². The molecule has 1 aromatic heterocycles. The lowest BCUT2D eigenvalue weighted by Gasteiger charge is -2.08. The minimum Gasteiger partial charge on any atom is -0.469 e. The number of aryl methyl sites for hydroxylation is 1. The number of hydrogen-bond donors (Lipinski definition) is 0. The van der Waals surface area contributed by atoms with Gasteiger partial charge in [0.05, 0.1) is 7.11 Å². The topological polar surface area (TPSA) is 61.2 Å². The average molecular weight is 289 g/mol. The van der Waals surface area contributed by atoms with E-state index in [4.69, 9.17) is 0 Å². The third-order valence-corrected chi connectivity index (χ3v) is 2.74. The van der Waals surface area contributed by atoms with Crippen LogP contribution < -0.4 is 5.56 Å². The number of hydrogen-bond acceptors (Lipinski definition) is 4. The summed E-state index contributed by atoms with van der Waals surface area (Å²) in [6.45, 7) is 2.22. The van der Waals surface area contributed by atoms with Crippen molar-refractivity contribution in [2.24, 2.45) is 0 Å². The van der Waals surface area contributed by atoms with E-state index in [-0.39, 0.29) is 11.5 Å². The van der Waals surface area contributed by atoms with Crippen LogP contribution >= 0.6 is 15.9 Å². The standard InChI is InChI=1S/C10H13BrN2O3/c1-7-12-6-8(11)10(15)13(7)5-3-4-9(14)16-2/h6H,3-5H2,1-2H3. The van der Waals surface area contributed by atoms with E-state index in [1.165, 1.54) is 17.9 Å². The molecule has 1 rings (SSSR count). The van der Waals surface area contributed by atoms with Gasteiger partial charge in [-0.25, -0.2) is 4.98 Å². The van der Waals surface area contributed by atoms with E-state index in [1.54, 1.807) is 6.92 Å². The quantitative estimate of drug-likeness (QED) is 0.783. The molecule has 1 aromatic rings. The highest BCUT2D eigenvalue weighted by molar-refractivity contribution is 9.10. The summed E-state index contributed by atoms with van der Waals surface area (Å²) in [6.07, 6.45) is 2.34. The van der Waals surface area contributed by atoms with Crippen LogP contribution in [0.2, 0.25) is 0 Å². The van der Waals surface area contributed by atoms with Crippen LogP contribution in [0, 0.1) is 6.92 Å². The molecule has 0 bridgehead atoms. The second-order valence-electron chi connectivity index (χ2n) is 3.29. The van der Waals surface area contributed by atoms with Gasteiger partial charge in [0.25, 0.3) is 5.56 Å². The second kappa shape index (κ2) is 5.79. The summed E-state index contributed by atoms with van der Waals surface area (Å²) in [6, 6.07) is 0. The van der Waals surface area contributed by atoms with Crippen molar-refractivity contribution in [3.8, 4) is 0 Å². The number of methoxy groups -OCH3 is 1. The van der Waals surface area contributed by atoms with Gasteiger partial charge >= 0.3 is 5.97 Å². The first-order chi connectivity index (χ1) is 7.56. The van der Waals surface area contributed by atoms with E-state index in [0.717, 1.165) is 0 Å². The SMILES string of the molecule is COC(=O)CCCn1c(C)ncc(Br)c1=O. The third-order valence-electron chi connectivity index (χ3n) is 2.20. The molecule has 0 fully saturated rings. The minimum atomic E-state index is -0.270. The lowest BCUT2D eigenvalue weighted by Crippen LogP contribution is -2.24. The molecular formula is C10H13BrN2O3. The largest absolute Gasteiger partial charge is 0.469 e. The van der Waals surface area contributed by atoms with E-state index in [2.05, 4.69) is 25.7 Å². The van der Waals surface area contributed by atoms with Crippen LogP contribution in [0.5, 0.6) is 0 Å². The number of aromatic nitrogens is 2. The molecule has 0 atom stereocenters. The summed E-state index contributed by atoms with van der Waals surface area (Å²) in [4.78, 5) is 26.7. The van der Waals surface area contributed by atoms with Crippen molar-refractivity contribution in [1.29, 1.82) is 0 Å². The van der Waals surface area contributed by atoms with Crippen LogP contribution in [0.3, 0.4) is 0 Å². The molecule has 0 aromatic carbocycles. The molecule has 6 heteroatoms. The maximum absolute atomic E-state index is 11.7. The summed E-state index contributed by atoms with van der Waals surface area (Å²) in [5.74, 6) is 0.367. The zero-order valence-corrected chi connectivity index (χ0v) is 10.8. The molecule has 0 N–H and O–H groups in total. The van der Waals surface area contributed by atoms with E-state index < -0.39 is 0 Å². The smallest absolute Gasteiger partial charge is 0.305 e. The first-order valence-electron chi connectivity index (χ1n) is 4.85. The van der Waals surface area contributed by atoms with Crippen molar-refractivity contribution in [1.82, 2.24) is 9.55 Å². The van der Waals surface area contributed by atoms with Gasteiger partial charge in [0.15, 0.2) is 0 Å². The van der Waals surface area contributed by atoms with Gasteiger partial charge in [0, 0.05) is 19.2 Å². The monoisotopic (exact) mass is 288 g/mol. The number of halogens is 1. The lowest BCUT2D eigenvalue weighted by atomic mass is 10.3. The zero-order chi connectivity index (χ0) is 12.1. The van der Waals surface area contributed by atoms with Gasteiger partial charge < -0.3 is 4.74 Å². The Labute approximate surface area is 102 Å². The molecule has 0 amide bonds. The fourth-order valence-corrected chi connectivity index (χ4v) is 1.61. The van der Waals surface area contributed by atoms with E-state index in [9.17, 15) is 9.59 Å². The van der Waals surface area contributed by atoms with Crippen molar-refractivity contribution in [3.05, 3.63) is 26.8 Å². The van der Waals surface area contributed by atoms with Crippen LogP contribution in [-0.2, 0) is 16.1 Å². The summed E-state index contributed by atoms with van der Waals surface area (Å²) >= 11 is 3.13. The highest BCUT2D eigenvalue weighted by Gasteiger charge is 2.06. The Bertz CT molecular complexity index is 442. The fourth-order valence-electron chi connectivity index (χ4n) is 1.30. The fraction of sp³-hybridized carbons (Fsp3) is 0.500. The predicted octanol–water partition coefficient (Wildman–Crippen LogP) is 1.27. The van der Waals surface area contributed by atoms with E-state index in [0.29, 0.717) is 29.7 Å². The number of carbonyl (C=O) groups excluding carboxylic acids is 1. The Morgan fingerprint density at radius 3 is 2.94 bits per heavy atom. The van der Waals surface area contributed by atoms with Gasteiger partial charge in [-0.3, -0.25) is 14.2 Å². The van der Waals surface area contributed by atoms with Crippen LogP contribution in [0.1, 0.15) is 18.7 Å². The third kappa shape index (κ3) is 3.16. The number of carbonyl (C=O) groups is 1. The molecule has 0 aliphatic heterocycles. The van der Waals surface area contributed by atoms with Gasteiger partial charge in [-0.1, -0.05) is 0 Å². The molecule has 88 valence electrons. The molecular weight excluding hydrogens is 276 g/mol. The van der Waals surface area contributed by atoms with Gasteiger partial charge in [-0.15, -0.1) is 0 Å². The minimum absolute atomic E-state index is 0.127. The van der Waals surface area contributed by atoms with Gasteiger partial charge in [-0.05, 0) is 29.3 Å². The molecule has 0 aliphatic carbocycles. The zero-order valence-electron chi connectivity index (χ0n) is 9.20. The normalized spacial score (nSPS) is 10.2. The lowest BCUT2D eigenvalue weighted by molar-refractivity contribution is -0.140. The average Bonchev–Trinajstić information content (AvgIpc) is 2.28. The Morgan fingerprint density at radius 1 is 1.62 bits per heavy atom. The predicted molar refractivity (Wildman–Crippen MR) is 62.2 cm³/mol. The first-order valence-corrected chi connectivity index (χ1v) is 5.64. The number of nitrogens with zero attached hydrogens (tertiary/aromatic N) is 2. The van der Waals surface area contributed by atoms with Crippen molar-refractivity contribution in [2.75, 3.05) is 7.11 Å². The van der Waals surface area contributed by atoms with Crippen molar-refractivity contribution in [2.45, 2.75) is 26.3 Å². The maximum Gasteiger partial charge on any atom is 0.305 e. The number of rotatable bonds is 4. The van der Waals surface area contributed by atoms with Crippen LogP contribution in [0.15, 0.2) is 15.5 Å². The number of ether oxygens (including phenoxy) is 1. The molecule has 0 radical (unpaired) electrons. The van der Waals surface area contributed by atoms with Gasteiger partial charge in [-0.2, -0.15) is 0 Å². The Hall–Kier alpha value is -1.17. The van der Waals surface area contributed by atoms with Crippen molar-refractivity contribution >= 4 is 21.9 Å². The first kappa shape index (κ1) is 12.9. The summed E-state index contributed by atoms with van der Waals surface area (Å²) in [5, 5.41) is 0. The van der Waals surface area contributed by atoms with E-state index >= 15 is 0 Å². The summed E-state index contributed by atoms with van der Waals surface area (Å²) in [5.41, 5.74) is -0.127.